The van der Waals surface area contributed by atoms with Gasteiger partial charge in [-0.2, -0.15) is 0 Å². The van der Waals surface area contributed by atoms with Crippen molar-refractivity contribution in [2.45, 2.75) is 32.1 Å². The van der Waals surface area contributed by atoms with E-state index in [1.165, 1.54) is 54.6 Å². The molecule has 0 unspecified atom stereocenters. The first-order valence-corrected chi connectivity index (χ1v) is 8.04. The predicted molar refractivity (Wildman–Crippen MR) is 86.2 cm³/mol. The van der Waals surface area contributed by atoms with Gasteiger partial charge in [0.2, 0.25) is 0 Å². The van der Waals surface area contributed by atoms with Crippen molar-refractivity contribution in [2.75, 3.05) is 18.0 Å². The summed E-state index contributed by atoms with van der Waals surface area (Å²) in [6.07, 6.45) is 10.3. The van der Waals surface area contributed by atoms with Crippen LogP contribution in [0.2, 0.25) is 0 Å². The Morgan fingerprint density at radius 2 is 1.81 bits per heavy atom. The third-order valence-electron chi connectivity index (χ3n) is 5.19. The van der Waals surface area contributed by atoms with E-state index in [0.29, 0.717) is 0 Å². The number of hydrogen-bond acceptors (Lipinski definition) is 3. The highest BCUT2D eigenvalue weighted by Crippen LogP contribution is 2.47. The second-order valence-corrected chi connectivity index (χ2v) is 6.27. The molecule has 0 bridgehead atoms. The Hall–Kier alpha value is -2.03. The van der Waals surface area contributed by atoms with Gasteiger partial charge in [-0.05, 0) is 37.7 Å². The van der Waals surface area contributed by atoms with E-state index < -0.39 is 0 Å². The van der Waals surface area contributed by atoms with Crippen molar-refractivity contribution in [3.63, 3.8) is 0 Å². The molecule has 0 saturated carbocycles. The van der Waals surface area contributed by atoms with Crippen LogP contribution in [0.3, 0.4) is 0 Å². The Morgan fingerprint density at radius 1 is 0.952 bits per heavy atom. The minimum Gasteiger partial charge on any atom is -0.342 e. The van der Waals surface area contributed by atoms with Gasteiger partial charge < -0.3 is 9.80 Å². The Morgan fingerprint density at radius 3 is 2.71 bits per heavy atom. The summed E-state index contributed by atoms with van der Waals surface area (Å²) in [4.78, 5) is 9.56. The zero-order valence-corrected chi connectivity index (χ0v) is 12.2. The second kappa shape index (κ2) is 4.23. The van der Waals surface area contributed by atoms with Crippen molar-refractivity contribution in [1.29, 1.82) is 0 Å². The summed E-state index contributed by atoms with van der Waals surface area (Å²) in [6.45, 7) is 2.06. The van der Waals surface area contributed by atoms with Crippen LogP contribution in [-0.2, 0) is 6.42 Å². The van der Waals surface area contributed by atoms with Crippen LogP contribution >= 0.6 is 0 Å². The molecular formula is C18H19N3. The van der Waals surface area contributed by atoms with E-state index in [0.717, 1.165) is 13.1 Å². The molecule has 5 rings (SSSR count). The number of anilines is 1. The molecule has 1 aromatic carbocycles. The predicted octanol–water partition coefficient (Wildman–Crippen LogP) is 3.53. The van der Waals surface area contributed by atoms with Gasteiger partial charge in [-0.15, -0.1) is 0 Å². The molecule has 3 nitrogen and oxygen atoms in total. The van der Waals surface area contributed by atoms with Crippen molar-refractivity contribution >= 4 is 17.6 Å². The molecule has 3 heterocycles. The van der Waals surface area contributed by atoms with E-state index in [-0.39, 0.29) is 0 Å². The Balaban J connectivity index is 1.82. The van der Waals surface area contributed by atoms with Crippen LogP contribution in [0.4, 0.5) is 5.69 Å². The molecule has 21 heavy (non-hydrogen) atoms. The summed E-state index contributed by atoms with van der Waals surface area (Å²) in [5.74, 6) is 0. The fraction of sp³-hybridized carbons (Fsp3) is 0.389. The molecule has 0 atom stereocenters. The van der Waals surface area contributed by atoms with E-state index in [2.05, 4.69) is 39.2 Å². The van der Waals surface area contributed by atoms with Crippen LogP contribution in [0.5, 0.6) is 0 Å². The SMILES string of the molecule is C1=NC=C2c3cccc4c3N(CC4)C3=C(CCCC3)N2C1. The van der Waals surface area contributed by atoms with Gasteiger partial charge in [0.15, 0.2) is 0 Å². The van der Waals surface area contributed by atoms with Crippen molar-refractivity contribution in [3.8, 4) is 0 Å². The summed E-state index contributed by atoms with van der Waals surface area (Å²) in [7, 11) is 0. The van der Waals surface area contributed by atoms with Gasteiger partial charge in [0.1, 0.15) is 0 Å². The zero-order chi connectivity index (χ0) is 13.8. The number of fused-ring (bicyclic) bond motifs is 4. The van der Waals surface area contributed by atoms with Crippen LogP contribution in [0.1, 0.15) is 36.8 Å². The summed E-state index contributed by atoms with van der Waals surface area (Å²) in [6, 6.07) is 6.78. The average molecular weight is 277 g/mol. The van der Waals surface area contributed by atoms with Gasteiger partial charge in [0.25, 0.3) is 0 Å². The molecule has 106 valence electrons. The van der Waals surface area contributed by atoms with Crippen molar-refractivity contribution in [2.24, 2.45) is 4.99 Å². The largest absolute Gasteiger partial charge is 0.342 e. The first-order valence-electron chi connectivity index (χ1n) is 8.04. The fourth-order valence-electron chi connectivity index (χ4n) is 4.28. The number of allylic oxidation sites excluding steroid dienone is 2. The van der Waals surface area contributed by atoms with E-state index in [1.807, 2.05) is 6.21 Å². The molecule has 1 aliphatic carbocycles. The summed E-state index contributed by atoms with van der Waals surface area (Å²) in [5, 5.41) is 0. The van der Waals surface area contributed by atoms with Crippen LogP contribution in [-0.4, -0.2) is 24.2 Å². The van der Waals surface area contributed by atoms with Gasteiger partial charge in [0.05, 0.1) is 24.1 Å². The van der Waals surface area contributed by atoms with Gasteiger partial charge in [0, 0.05) is 29.7 Å². The van der Waals surface area contributed by atoms with Gasteiger partial charge in [-0.3, -0.25) is 4.99 Å². The molecule has 0 amide bonds. The monoisotopic (exact) mass is 277 g/mol. The number of para-hydroxylation sites is 1. The molecule has 0 N–H and O–H groups in total. The number of benzene rings is 1. The lowest BCUT2D eigenvalue weighted by molar-refractivity contribution is 0.479. The average Bonchev–Trinajstić information content (AvgIpc) is 2.94. The quantitative estimate of drug-likeness (QED) is 0.722. The van der Waals surface area contributed by atoms with Crippen LogP contribution in [0.15, 0.2) is 40.8 Å². The Kier molecular flexibility index (Phi) is 2.34. The molecule has 1 aromatic rings. The maximum Gasteiger partial charge on any atom is 0.0692 e. The summed E-state index contributed by atoms with van der Waals surface area (Å²) < 4.78 is 0. The summed E-state index contributed by atoms with van der Waals surface area (Å²) in [5.41, 5.74) is 8.75. The molecular weight excluding hydrogens is 258 g/mol. The molecule has 0 spiro atoms. The van der Waals surface area contributed by atoms with Gasteiger partial charge in [-0.25, -0.2) is 0 Å². The molecule has 0 fully saturated rings. The second-order valence-electron chi connectivity index (χ2n) is 6.27. The maximum atomic E-state index is 4.44. The highest BCUT2D eigenvalue weighted by molar-refractivity contribution is 5.86. The van der Waals surface area contributed by atoms with Gasteiger partial charge >= 0.3 is 0 Å². The zero-order valence-electron chi connectivity index (χ0n) is 12.2. The van der Waals surface area contributed by atoms with Crippen molar-refractivity contribution in [1.82, 2.24) is 4.90 Å². The van der Waals surface area contributed by atoms with Crippen molar-refractivity contribution in [3.05, 3.63) is 46.9 Å². The van der Waals surface area contributed by atoms with E-state index in [9.17, 15) is 0 Å². The lowest BCUT2D eigenvalue weighted by Crippen LogP contribution is -2.30. The standard InChI is InChI=1S/C18H19N3/c1-2-7-16-15(6-1)20-11-9-19-12-17(20)14-5-3-4-13-8-10-21(16)18(13)14/h3-5,9,12H,1-2,6-8,10-11H2. The minimum atomic E-state index is 0.919. The van der Waals surface area contributed by atoms with Gasteiger partial charge in [-0.1, -0.05) is 18.2 Å². The van der Waals surface area contributed by atoms with Crippen LogP contribution in [0, 0.1) is 0 Å². The molecule has 0 aromatic heterocycles. The van der Waals surface area contributed by atoms with E-state index in [4.69, 9.17) is 0 Å². The van der Waals surface area contributed by atoms with E-state index >= 15 is 0 Å². The van der Waals surface area contributed by atoms with Crippen LogP contribution in [0.25, 0.3) is 5.70 Å². The first kappa shape index (κ1) is 11.6. The Bertz CT molecular complexity index is 711. The molecule has 0 radical (unpaired) electrons. The Labute approximate surface area is 125 Å². The third kappa shape index (κ3) is 1.52. The maximum absolute atomic E-state index is 4.44. The number of rotatable bonds is 0. The highest BCUT2D eigenvalue weighted by Gasteiger charge is 2.35. The molecule has 3 aliphatic heterocycles. The smallest absolute Gasteiger partial charge is 0.0692 e. The number of hydrogen-bond donors (Lipinski definition) is 0. The third-order valence-corrected chi connectivity index (χ3v) is 5.19. The van der Waals surface area contributed by atoms with E-state index in [1.54, 1.807) is 11.4 Å². The topological polar surface area (TPSA) is 18.8 Å². The van der Waals surface area contributed by atoms with Crippen molar-refractivity contribution < 1.29 is 0 Å². The number of aliphatic imine (C=N–C) groups is 1. The molecule has 3 heteroatoms. The lowest BCUT2D eigenvalue weighted by Gasteiger charge is -2.33. The summed E-state index contributed by atoms with van der Waals surface area (Å²) >= 11 is 0. The minimum absolute atomic E-state index is 0.919. The highest BCUT2D eigenvalue weighted by atomic mass is 15.3. The normalized spacial score (nSPS) is 22.6. The fourth-order valence-corrected chi connectivity index (χ4v) is 4.28. The lowest BCUT2D eigenvalue weighted by atomic mass is 9.99. The number of nitrogens with zero attached hydrogens (tertiary/aromatic N) is 3. The molecule has 0 saturated heterocycles. The molecule has 4 aliphatic rings. The first-order chi connectivity index (χ1) is 10.4. The van der Waals surface area contributed by atoms with Crippen LogP contribution < -0.4 is 4.90 Å².